The van der Waals surface area contributed by atoms with Gasteiger partial charge in [-0.05, 0) is 39.9 Å². The van der Waals surface area contributed by atoms with Crippen LogP contribution in [0, 0.1) is 0 Å². The first kappa shape index (κ1) is 21.4. The molecule has 0 rings (SSSR count). The Kier molecular flexibility index (Phi) is 12.7. The maximum Gasteiger partial charge on any atom is 0.333 e. The molecule has 0 bridgehead atoms. The molecule has 0 aliphatic rings. The molecule has 20 heavy (non-hydrogen) atoms. The molecular formula is C13H27NO5S. The molecule has 0 atom stereocenters. The standard InChI is InChI=1S/C7H17NO3S.C6H10O2/c1-3-8(4-2)6-5-7-12(9,10)11;1-4-8-6(7)5(2)3/h3-7H2,1-2H3,(H,9,10,11);2,4H2,1,3H3. The zero-order valence-electron chi connectivity index (χ0n) is 12.9. The van der Waals surface area contributed by atoms with Gasteiger partial charge in [-0.15, -0.1) is 0 Å². The molecule has 120 valence electrons. The number of esters is 1. The molecule has 0 spiro atoms. The van der Waals surface area contributed by atoms with Gasteiger partial charge < -0.3 is 9.64 Å². The lowest BCUT2D eigenvalue weighted by molar-refractivity contribution is -0.138. The van der Waals surface area contributed by atoms with E-state index in [2.05, 4.69) is 16.2 Å². The Bertz CT molecular complexity index is 374. The van der Waals surface area contributed by atoms with Crippen molar-refractivity contribution in [1.29, 1.82) is 0 Å². The topological polar surface area (TPSA) is 83.9 Å². The highest BCUT2D eigenvalue weighted by molar-refractivity contribution is 7.85. The van der Waals surface area contributed by atoms with Crippen molar-refractivity contribution in [3.63, 3.8) is 0 Å². The molecule has 0 saturated carbocycles. The van der Waals surface area contributed by atoms with E-state index >= 15 is 0 Å². The van der Waals surface area contributed by atoms with Crippen LogP contribution in [0.25, 0.3) is 0 Å². The Morgan fingerprint density at radius 3 is 2.00 bits per heavy atom. The minimum absolute atomic E-state index is 0.135. The van der Waals surface area contributed by atoms with Crippen molar-refractivity contribution < 1.29 is 22.5 Å². The van der Waals surface area contributed by atoms with Crippen LogP contribution in [0.15, 0.2) is 12.2 Å². The van der Waals surface area contributed by atoms with E-state index in [1.807, 2.05) is 13.8 Å². The molecule has 0 aromatic heterocycles. The van der Waals surface area contributed by atoms with Crippen LogP contribution >= 0.6 is 0 Å². The Morgan fingerprint density at radius 2 is 1.75 bits per heavy atom. The minimum Gasteiger partial charge on any atom is -0.463 e. The van der Waals surface area contributed by atoms with Gasteiger partial charge in [-0.3, -0.25) is 4.55 Å². The van der Waals surface area contributed by atoms with Gasteiger partial charge in [-0.25, -0.2) is 4.79 Å². The van der Waals surface area contributed by atoms with Crippen molar-refractivity contribution in [3.05, 3.63) is 12.2 Å². The summed E-state index contributed by atoms with van der Waals surface area (Å²) in [7, 11) is -3.76. The summed E-state index contributed by atoms with van der Waals surface area (Å²) >= 11 is 0. The normalized spacial score (nSPS) is 10.7. The zero-order chi connectivity index (χ0) is 16.2. The molecule has 0 radical (unpaired) electrons. The van der Waals surface area contributed by atoms with Gasteiger partial charge >= 0.3 is 5.97 Å². The Hall–Kier alpha value is -0.920. The summed E-state index contributed by atoms with van der Waals surface area (Å²) in [6.45, 7) is 13.8. The Balaban J connectivity index is 0. The van der Waals surface area contributed by atoms with Crippen LogP contribution in [-0.2, 0) is 19.6 Å². The van der Waals surface area contributed by atoms with Crippen molar-refractivity contribution >= 4 is 16.1 Å². The monoisotopic (exact) mass is 309 g/mol. The van der Waals surface area contributed by atoms with E-state index in [9.17, 15) is 13.2 Å². The maximum absolute atomic E-state index is 10.4. The predicted octanol–water partition coefficient (Wildman–Crippen LogP) is 1.73. The highest BCUT2D eigenvalue weighted by Crippen LogP contribution is 1.93. The van der Waals surface area contributed by atoms with Crippen LogP contribution in [0.4, 0.5) is 0 Å². The lowest BCUT2D eigenvalue weighted by Crippen LogP contribution is -2.25. The van der Waals surface area contributed by atoms with Crippen molar-refractivity contribution in [2.24, 2.45) is 0 Å². The number of carbonyl (C=O) groups excluding carboxylic acids is 1. The fourth-order valence-electron chi connectivity index (χ4n) is 1.26. The number of hydrogen-bond donors (Lipinski definition) is 1. The second kappa shape index (κ2) is 11.9. The quantitative estimate of drug-likeness (QED) is 0.417. The summed E-state index contributed by atoms with van der Waals surface area (Å²) in [4.78, 5) is 12.5. The van der Waals surface area contributed by atoms with E-state index < -0.39 is 10.1 Å². The second-order valence-corrected chi connectivity index (χ2v) is 5.74. The Morgan fingerprint density at radius 1 is 1.25 bits per heavy atom. The average Bonchev–Trinajstić information content (AvgIpc) is 2.34. The van der Waals surface area contributed by atoms with Crippen molar-refractivity contribution in [3.8, 4) is 0 Å². The summed E-state index contributed by atoms with van der Waals surface area (Å²) in [5.74, 6) is -0.448. The highest BCUT2D eigenvalue weighted by atomic mass is 32.2. The molecule has 0 aliphatic carbocycles. The molecule has 0 unspecified atom stereocenters. The van der Waals surface area contributed by atoms with Crippen LogP contribution in [0.1, 0.15) is 34.1 Å². The summed E-state index contributed by atoms with van der Waals surface area (Å²) in [6, 6.07) is 0. The average molecular weight is 309 g/mol. The molecule has 0 aromatic rings. The maximum atomic E-state index is 10.4. The van der Waals surface area contributed by atoms with Crippen LogP contribution < -0.4 is 0 Å². The van der Waals surface area contributed by atoms with E-state index in [1.165, 1.54) is 0 Å². The lowest BCUT2D eigenvalue weighted by atomic mass is 10.4. The van der Waals surface area contributed by atoms with Crippen LogP contribution in [0.2, 0.25) is 0 Å². The fraction of sp³-hybridized carbons (Fsp3) is 0.769. The van der Waals surface area contributed by atoms with Gasteiger partial charge in [0.05, 0.1) is 12.4 Å². The number of rotatable bonds is 8. The molecule has 0 amide bonds. The van der Waals surface area contributed by atoms with Crippen molar-refractivity contribution in [1.82, 2.24) is 4.90 Å². The molecule has 7 heteroatoms. The highest BCUT2D eigenvalue weighted by Gasteiger charge is 2.05. The molecule has 0 aromatic carbocycles. The number of nitrogens with zero attached hydrogens (tertiary/aromatic N) is 1. The number of carbonyl (C=O) groups is 1. The third-order valence-electron chi connectivity index (χ3n) is 2.39. The molecular weight excluding hydrogens is 282 g/mol. The fourth-order valence-corrected chi connectivity index (χ4v) is 1.76. The third kappa shape index (κ3) is 15.1. The molecule has 0 aliphatic heterocycles. The van der Waals surface area contributed by atoms with E-state index in [4.69, 9.17) is 4.55 Å². The number of hydrogen-bond acceptors (Lipinski definition) is 5. The van der Waals surface area contributed by atoms with Gasteiger partial charge in [0.2, 0.25) is 0 Å². The number of ether oxygens (including phenoxy) is 1. The first-order valence-corrected chi connectivity index (χ1v) is 8.28. The first-order valence-electron chi connectivity index (χ1n) is 6.68. The molecule has 6 nitrogen and oxygen atoms in total. The summed E-state index contributed by atoms with van der Waals surface area (Å²) in [6.07, 6.45) is 0.501. The van der Waals surface area contributed by atoms with E-state index in [0.717, 1.165) is 19.6 Å². The Labute approximate surface area is 122 Å². The predicted molar refractivity (Wildman–Crippen MR) is 80.3 cm³/mol. The van der Waals surface area contributed by atoms with Crippen LogP contribution in [-0.4, -0.2) is 55.8 Å². The van der Waals surface area contributed by atoms with Gasteiger partial charge in [-0.2, -0.15) is 8.42 Å². The largest absolute Gasteiger partial charge is 0.463 e. The molecule has 0 heterocycles. The van der Waals surface area contributed by atoms with E-state index in [0.29, 0.717) is 18.6 Å². The van der Waals surface area contributed by atoms with Gasteiger partial charge in [-0.1, -0.05) is 20.4 Å². The summed E-state index contributed by atoms with van der Waals surface area (Å²) in [5, 5.41) is 0. The van der Waals surface area contributed by atoms with Crippen molar-refractivity contribution in [2.45, 2.75) is 34.1 Å². The molecule has 1 N–H and O–H groups in total. The van der Waals surface area contributed by atoms with E-state index in [-0.39, 0.29) is 11.7 Å². The lowest BCUT2D eigenvalue weighted by Gasteiger charge is -2.16. The van der Waals surface area contributed by atoms with Crippen LogP contribution in [0.5, 0.6) is 0 Å². The summed E-state index contributed by atoms with van der Waals surface area (Å²) < 4.78 is 33.6. The minimum atomic E-state index is -3.76. The third-order valence-corrected chi connectivity index (χ3v) is 3.20. The SMILES string of the molecule is C=C(C)C(=O)OCC.CCN(CC)CCCS(=O)(=O)O. The van der Waals surface area contributed by atoms with Crippen LogP contribution in [0.3, 0.4) is 0 Å². The molecule has 0 saturated heterocycles. The second-order valence-electron chi connectivity index (χ2n) is 4.17. The summed E-state index contributed by atoms with van der Waals surface area (Å²) in [5.41, 5.74) is 0.451. The van der Waals surface area contributed by atoms with Gasteiger partial charge in [0.25, 0.3) is 10.1 Å². The van der Waals surface area contributed by atoms with Gasteiger partial charge in [0.1, 0.15) is 0 Å². The van der Waals surface area contributed by atoms with Gasteiger partial charge in [0.15, 0.2) is 0 Å². The smallest absolute Gasteiger partial charge is 0.333 e. The van der Waals surface area contributed by atoms with E-state index in [1.54, 1.807) is 13.8 Å². The first-order chi connectivity index (χ1) is 9.17. The van der Waals surface area contributed by atoms with Gasteiger partial charge in [0, 0.05) is 5.57 Å². The van der Waals surface area contributed by atoms with Crippen molar-refractivity contribution in [2.75, 3.05) is 32.0 Å². The molecule has 0 fully saturated rings. The zero-order valence-corrected chi connectivity index (χ0v) is 13.7.